The molecule has 2 aliphatic rings. The summed E-state index contributed by atoms with van der Waals surface area (Å²) in [7, 11) is 0. The first-order valence-corrected chi connectivity index (χ1v) is 10.5. The molecule has 0 bridgehead atoms. The number of thioether (sulfide) groups is 1. The number of fused-ring (bicyclic) bond motifs is 1. The largest absolute Gasteiger partial charge is 0.379 e. The number of hydrogen-bond acceptors (Lipinski definition) is 7. The summed E-state index contributed by atoms with van der Waals surface area (Å²) in [6, 6.07) is 5.36. The quantitative estimate of drug-likeness (QED) is 0.815. The zero-order chi connectivity index (χ0) is 18.8. The van der Waals surface area contributed by atoms with E-state index in [1.807, 2.05) is 18.4 Å². The molecule has 0 aliphatic carbocycles. The number of carbonyl (C=O) groups excluding carboxylic acids is 2. The molecule has 3 heterocycles. The summed E-state index contributed by atoms with van der Waals surface area (Å²) in [5.74, 6) is -0.277. The van der Waals surface area contributed by atoms with E-state index in [4.69, 9.17) is 4.74 Å². The third kappa shape index (κ3) is 4.32. The van der Waals surface area contributed by atoms with E-state index in [0.29, 0.717) is 16.4 Å². The molecular formula is C18H20N4O3S2. The van der Waals surface area contributed by atoms with Crippen molar-refractivity contribution < 1.29 is 14.3 Å². The lowest BCUT2D eigenvalue weighted by Crippen LogP contribution is -2.35. The van der Waals surface area contributed by atoms with E-state index in [1.54, 1.807) is 12.1 Å². The average Bonchev–Trinajstić information content (AvgIpc) is 3.10. The van der Waals surface area contributed by atoms with E-state index in [1.165, 1.54) is 23.1 Å². The number of aromatic nitrogens is 1. The zero-order valence-corrected chi connectivity index (χ0v) is 16.5. The first-order chi connectivity index (χ1) is 13.1. The lowest BCUT2D eigenvalue weighted by atomic mass is 10.2. The third-order valence-electron chi connectivity index (χ3n) is 4.43. The second-order valence-electron chi connectivity index (χ2n) is 6.45. The molecule has 4 rings (SSSR count). The molecule has 2 aromatic rings. The van der Waals surface area contributed by atoms with Crippen LogP contribution in [0.3, 0.4) is 0 Å². The maximum atomic E-state index is 12.6. The highest BCUT2D eigenvalue weighted by molar-refractivity contribution is 8.00. The van der Waals surface area contributed by atoms with Crippen LogP contribution in [0, 0.1) is 0 Å². The smallest absolute Gasteiger partial charge is 0.257 e. The Morgan fingerprint density at radius 3 is 3.04 bits per heavy atom. The molecule has 0 unspecified atom stereocenters. The van der Waals surface area contributed by atoms with Crippen molar-refractivity contribution in [2.45, 2.75) is 23.6 Å². The summed E-state index contributed by atoms with van der Waals surface area (Å²) in [6.45, 7) is 5.92. The minimum absolute atomic E-state index is 0.0438. The Hall–Kier alpha value is -1.94. The Morgan fingerprint density at radius 2 is 2.22 bits per heavy atom. The third-order valence-corrected chi connectivity index (χ3v) is 6.42. The Balaban J connectivity index is 1.41. The fraction of sp³-hybridized carbons (Fsp3) is 0.389. The number of thiazole rings is 1. The molecule has 1 saturated heterocycles. The molecule has 1 aromatic heterocycles. The van der Waals surface area contributed by atoms with Gasteiger partial charge < -0.3 is 10.1 Å². The Bertz CT molecular complexity index is 864. The number of amides is 2. The number of carbonyl (C=O) groups is 2. The van der Waals surface area contributed by atoms with Gasteiger partial charge in [0.05, 0.1) is 29.8 Å². The van der Waals surface area contributed by atoms with Crippen molar-refractivity contribution in [3.8, 4) is 0 Å². The number of benzene rings is 1. The topological polar surface area (TPSA) is 83.6 Å². The molecule has 7 nitrogen and oxygen atoms in total. The minimum atomic E-state index is -0.233. The van der Waals surface area contributed by atoms with Crippen molar-refractivity contribution in [1.82, 2.24) is 9.88 Å². The average molecular weight is 405 g/mol. The van der Waals surface area contributed by atoms with Gasteiger partial charge in [-0.15, -0.1) is 23.1 Å². The van der Waals surface area contributed by atoms with Crippen molar-refractivity contribution in [2.24, 2.45) is 0 Å². The van der Waals surface area contributed by atoms with Crippen LogP contribution in [0.15, 0.2) is 28.5 Å². The monoisotopic (exact) mass is 404 g/mol. The fourth-order valence-electron chi connectivity index (χ4n) is 2.94. The molecule has 0 saturated carbocycles. The van der Waals surface area contributed by atoms with Crippen LogP contribution < -0.4 is 10.6 Å². The van der Waals surface area contributed by atoms with Crippen molar-refractivity contribution in [1.29, 1.82) is 0 Å². The lowest BCUT2D eigenvalue weighted by molar-refractivity contribution is -0.115. The Morgan fingerprint density at radius 1 is 1.41 bits per heavy atom. The first-order valence-electron chi connectivity index (χ1n) is 8.76. The first kappa shape index (κ1) is 18.4. The number of morpholine rings is 1. The molecular weight excluding hydrogens is 384 g/mol. The summed E-state index contributed by atoms with van der Waals surface area (Å²) >= 11 is 2.91. The van der Waals surface area contributed by atoms with Gasteiger partial charge in [0.2, 0.25) is 5.91 Å². The maximum absolute atomic E-state index is 12.6. The molecule has 142 valence electrons. The number of nitrogens with one attached hydrogen (secondary N) is 2. The predicted molar refractivity (Wildman–Crippen MR) is 107 cm³/mol. The van der Waals surface area contributed by atoms with Crippen molar-refractivity contribution >= 4 is 45.7 Å². The van der Waals surface area contributed by atoms with Crippen molar-refractivity contribution in [3.63, 3.8) is 0 Å². The predicted octanol–water partition coefficient (Wildman–Crippen LogP) is 2.66. The van der Waals surface area contributed by atoms with E-state index >= 15 is 0 Å². The molecule has 0 spiro atoms. The minimum Gasteiger partial charge on any atom is -0.379 e. The van der Waals surface area contributed by atoms with Crippen LogP contribution in [0.5, 0.6) is 0 Å². The normalized spacial score (nSPS) is 20.0. The highest BCUT2D eigenvalue weighted by atomic mass is 32.2. The van der Waals surface area contributed by atoms with E-state index in [2.05, 4.69) is 20.5 Å². The molecule has 9 heteroatoms. The number of rotatable bonds is 4. The van der Waals surface area contributed by atoms with Gasteiger partial charge in [-0.25, -0.2) is 4.98 Å². The van der Waals surface area contributed by atoms with E-state index in [-0.39, 0.29) is 17.1 Å². The molecule has 1 fully saturated rings. The van der Waals surface area contributed by atoms with Crippen LogP contribution in [-0.4, -0.2) is 53.3 Å². The van der Waals surface area contributed by atoms with Gasteiger partial charge in [-0.05, 0) is 25.1 Å². The van der Waals surface area contributed by atoms with Crippen LogP contribution >= 0.6 is 23.1 Å². The number of anilines is 2. The maximum Gasteiger partial charge on any atom is 0.257 e. The SMILES string of the molecule is C[C@@H]1Sc2ccc(C(=O)Nc3nc(CN4CCOCC4)cs3)cc2NC1=O. The van der Waals surface area contributed by atoms with Crippen LogP contribution in [0.1, 0.15) is 23.0 Å². The summed E-state index contributed by atoms with van der Waals surface area (Å²) in [5, 5.41) is 8.12. The van der Waals surface area contributed by atoms with Gasteiger partial charge in [0.15, 0.2) is 5.13 Å². The summed E-state index contributed by atoms with van der Waals surface area (Å²) in [6.07, 6.45) is 0. The lowest BCUT2D eigenvalue weighted by Gasteiger charge is -2.25. The summed E-state index contributed by atoms with van der Waals surface area (Å²) < 4.78 is 5.35. The zero-order valence-electron chi connectivity index (χ0n) is 14.9. The molecule has 1 aromatic carbocycles. The standard InChI is InChI=1S/C18H20N4O3S2/c1-11-16(23)20-14-8-12(2-3-15(14)27-11)17(24)21-18-19-13(10-26-18)9-22-4-6-25-7-5-22/h2-3,8,10-11H,4-7,9H2,1H3,(H,20,23)(H,19,21,24)/t11-/m0/s1. The summed E-state index contributed by atoms with van der Waals surface area (Å²) in [5.41, 5.74) is 2.12. The number of hydrogen-bond donors (Lipinski definition) is 2. The van der Waals surface area contributed by atoms with Gasteiger partial charge in [0, 0.05) is 35.5 Å². The van der Waals surface area contributed by atoms with Gasteiger partial charge in [0.1, 0.15) is 0 Å². The molecule has 2 N–H and O–H groups in total. The van der Waals surface area contributed by atoms with Crippen LogP contribution in [0.2, 0.25) is 0 Å². The van der Waals surface area contributed by atoms with E-state index in [0.717, 1.165) is 43.4 Å². The summed E-state index contributed by atoms with van der Waals surface area (Å²) in [4.78, 5) is 32.2. The molecule has 0 radical (unpaired) electrons. The highest BCUT2D eigenvalue weighted by Gasteiger charge is 2.24. The van der Waals surface area contributed by atoms with Crippen molar-refractivity contribution in [2.75, 3.05) is 36.9 Å². The molecule has 2 amide bonds. The van der Waals surface area contributed by atoms with Gasteiger partial charge in [0.25, 0.3) is 5.91 Å². The molecule has 27 heavy (non-hydrogen) atoms. The van der Waals surface area contributed by atoms with Gasteiger partial charge in [-0.3, -0.25) is 19.8 Å². The van der Waals surface area contributed by atoms with Gasteiger partial charge in [-0.1, -0.05) is 0 Å². The highest BCUT2D eigenvalue weighted by Crippen LogP contribution is 2.36. The van der Waals surface area contributed by atoms with Crippen molar-refractivity contribution in [3.05, 3.63) is 34.8 Å². The van der Waals surface area contributed by atoms with E-state index < -0.39 is 0 Å². The Kier molecular flexibility index (Phi) is 5.44. The molecule has 2 aliphatic heterocycles. The molecule has 1 atom stereocenters. The number of nitrogens with zero attached hydrogens (tertiary/aromatic N) is 2. The second-order valence-corrected chi connectivity index (χ2v) is 8.69. The van der Waals surface area contributed by atoms with Gasteiger partial charge in [-0.2, -0.15) is 0 Å². The Labute approximate surface area is 165 Å². The van der Waals surface area contributed by atoms with E-state index in [9.17, 15) is 9.59 Å². The van der Waals surface area contributed by atoms with Gasteiger partial charge >= 0.3 is 0 Å². The van der Waals surface area contributed by atoms with Crippen LogP contribution in [0.4, 0.5) is 10.8 Å². The second kappa shape index (κ2) is 7.97. The van der Waals surface area contributed by atoms with Crippen LogP contribution in [-0.2, 0) is 16.1 Å². The number of ether oxygens (including phenoxy) is 1. The fourth-order valence-corrected chi connectivity index (χ4v) is 4.57. The van der Waals surface area contributed by atoms with Crippen LogP contribution in [0.25, 0.3) is 0 Å².